The second-order valence-corrected chi connectivity index (χ2v) is 4.69. The van der Waals surface area contributed by atoms with Crippen molar-refractivity contribution in [2.45, 2.75) is 20.8 Å². The number of anilines is 1. The van der Waals surface area contributed by atoms with Crippen molar-refractivity contribution >= 4 is 11.5 Å². The molecule has 0 unspecified atom stereocenters. The van der Waals surface area contributed by atoms with E-state index in [1.54, 1.807) is 20.8 Å². The van der Waals surface area contributed by atoms with E-state index in [0.29, 0.717) is 11.3 Å². The van der Waals surface area contributed by atoms with E-state index in [-0.39, 0.29) is 17.3 Å². The van der Waals surface area contributed by atoms with Crippen LogP contribution >= 0.6 is 0 Å². The predicted octanol–water partition coefficient (Wildman–Crippen LogP) is 2.21. The first-order valence-electron chi connectivity index (χ1n) is 4.98. The SMILES string of the molecule is COc1cc(N)c(C(=O)C(C)(C)C)cc1O. The molecule has 0 bridgehead atoms. The van der Waals surface area contributed by atoms with Gasteiger partial charge < -0.3 is 15.6 Å². The van der Waals surface area contributed by atoms with Gasteiger partial charge in [-0.25, -0.2) is 0 Å². The van der Waals surface area contributed by atoms with Gasteiger partial charge in [0.25, 0.3) is 0 Å². The number of rotatable bonds is 2. The third kappa shape index (κ3) is 2.27. The molecule has 0 atom stereocenters. The van der Waals surface area contributed by atoms with Crippen LogP contribution in [0.2, 0.25) is 0 Å². The van der Waals surface area contributed by atoms with Crippen molar-refractivity contribution in [2.75, 3.05) is 12.8 Å². The Balaban J connectivity index is 3.27. The van der Waals surface area contributed by atoms with E-state index < -0.39 is 5.41 Å². The Morgan fingerprint density at radius 2 is 1.94 bits per heavy atom. The zero-order valence-corrected chi connectivity index (χ0v) is 10.00. The van der Waals surface area contributed by atoms with Crippen LogP contribution in [0.4, 0.5) is 5.69 Å². The molecule has 0 heterocycles. The molecule has 1 rings (SSSR count). The number of nitrogen functional groups attached to an aromatic ring is 1. The largest absolute Gasteiger partial charge is 0.504 e. The molecular weight excluding hydrogens is 206 g/mol. The first-order chi connectivity index (χ1) is 7.27. The van der Waals surface area contributed by atoms with Gasteiger partial charge in [0, 0.05) is 22.7 Å². The Labute approximate surface area is 95.0 Å². The summed E-state index contributed by atoms with van der Waals surface area (Å²) in [6.07, 6.45) is 0. The molecule has 0 amide bonds. The number of phenols is 1. The van der Waals surface area contributed by atoms with Crippen LogP contribution in [0.5, 0.6) is 11.5 Å². The van der Waals surface area contributed by atoms with E-state index in [4.69, 9.17) is 10.5 Å². The summed E-state index contributed by atoms with van der Waals surface area (Å²) in [7, 11) is 1.43. The summed E-state index contributed by atoms with van der Waals surface area (Å²) in [6.45, 7) is 5.40. The fourth-order valence-corrected chi connectivity index (χ4v) is 1.35. The smallest absolute Gasteiger partial charge is 0.170 e. The molecule has 1 aromatic rings. The Hall–Kier alpha value is -1.71. The first-order valence-corrected chi connectivity index (χ1v) is 4.98. The van der Waals surface area contributed by atoms with Crippen molar-refractivity contribution in [3.8, 4) is 11.5 Å². The number of phenolic OH excluding ortho intramolecular Hbond substituents is 1. The minimum Gasteiger partial charge on any atom is -0.504 e. The summed E-state index contributed by atoms with van der Waals surface area (Å²) in [5.41, 5.74) is 5.86. The molecule has 0 saturated carbocycles. The van der Waals surface area contributed by atoms with Gasteiger partial charge in [-0.3, -0.25) is 4.79 Å². The average molecular weight is 223 g/mol. The Kier molecular flexibility index (Phi) is 3.12. The molecular formula is C12H17NO3. The Bertz CT molecular complexity index is 419. The van der Waals surface area contributed by atoms with E-state index in [0.717, 1.165) is 0 Å². The second kappa shape index (κ2) is 4.04. The summed E-state index contributed by atoms with van der Waals surface area (Å²) in [4.78, 5) is 12.0. The third-order valence-electron chi connectivity index (χ3n) is 2.28. The number of hydrogen-bond acceptors (Lipinski definition) is 4. The third-order valence-corrected chi connectivity index (χ3v) is 2.28. The number of hydrogen-bond donors (Lipinski definition) is 2. The van der Waals surface area contributed by atoms with Crippen LogP contribution in [0.25, 0.3) is 0 Å². The van der Waals surface area contributed by atoms with Crippen molar-refractivity contribution in [1.29, 1.82) is 0 Å². The summed E-state index contributed by atoms with van der Waals surface area (Å²) in [5.74, 6) is 0.0789. The molecule has 0 aliphatic carbocycles. The second-order valence-electron chi connectivity index (χ2n) is 4.69. The molecule has 88 valence electrons. The van der Waals surface area contributed by atoms with Crippen LogP contribution in [0, 0.1) is 5.41 Å². The van der Waals surface area contributed by atoms with E-state index in [1.807, 2.05) is 0 Å². The maximum Gasteiger partial charge on any atom is 0.170 e. The zero-order chi connectivity index (χ0) is 12.5. The summed E-state index contributed by atoms with van der Waals surface area (Å²) in [5, 5.41) is 9.60. The van der Waals surface area contributed by atoms with Crippen LogP contribution in [0.15, 0.2) is 12.1 Å². The molecule has 0 aliphatic rings. The van der Waals surface area contributed by atoms with Gasteiger partial charge in [-0.2, -0.15) is 0 Å². The van der Waals surface area contributed by atoms with E-state index >= 15 is 0 Å². The molecule has 0 aromatic heterocycles. The first kappa shape index (κ1) is 12.4. The fraction of sp³-hybridized carbons (Fsp3) is 0.417. The molecule has 0 spiro atoms. The number of aromatic hydroxyl groups is 1. The summed E-state index contributed by atoms with van der Waals surface area (Å²) < 4.78 is 4.90. The van der Waals surface area contributed by atoms with Gasteiger partial charge in [0.2, 0.25) is 0 Å². The molecule has 16 heavy (non-hydrogen) atoms. The topological polar surface area (TPSA) is 72.5 Å². The lowest BCUT2D eigenvalue weighted by Crippen LogP contribution is -2.21. The van der Waals surface area contributed by atoms with Crippen LogP contribution in [-0.4, -0.2) is 18.0 Å². The van der Waals surface area contributed by atoms with Crippen molar-refractivity contribution in [3.63, 3.8) is 0 Å². The fourth-order valence-electron chi connectivity index (χ4n) is 1.35. The van der Waals surface area contributed by atoms with Crippen LogP contribution in [0.3, 0.4) is 0 Å². The van der Waals surface area contributed by atoms with E-state index in [2.05, 4.69) is 0 Å². The minimum absolute atomic E-state index is 0.0794. The summed E-state index contributed by atoms with van der Waals surface area (Å²) >= 11 is 0. The van der Waals surface area contributed by atoms with Crippen molar-refractivity contribution in [3.05, 3.63) is 17.7 Å². The zero-order valence-electron chi connectivity index (χ0n) is 10.00. The van der Waals surface area contributed by atoms with Crippen LogP contribution < -0.4 is 10.5 Å². The van der Waals surface area contributed by atoms with Gasteiger partial charge in [0.1, 0.15) is 0 Å². The van der Waals surface area contributed by atoms with Crippen molar-refractivity contribution in [2.24, 2.45) is 5.41 Å². The average Bonchev–Trinajstić information content (AvgIpc) is 2.18. The standard InChI is InChI=1S/C12H17NO3/c1-12(2,3)11(15)7-5-9(14)10(16-4)6-8(7)13/h5-6,14H,13H2,1-4H3. The molecule has 0 aliphatic heterocycles. The lowest BCUT2D eigenvalue weighted by atomic mass is 9.86. The number of Topliss-reactive ketones (excluding diaryl/α,β-unsaturated/α-hetero) is 1. The normalized spacial score (nSPS) is 11.2. The highest BCUT2D eigenvalue weighted by atomic mass is 16.5. The van der Waals surface area contributed by atoms with Gasteiger partial charge in [-0.15, -0.1) is 0 Å². The number of benzene rings is 1. The molecule has 3 N–H and O–H groups in total. The number of carbonyl (C=O) groups is 1. The molecule has 4 nitrogen and oxygen atoms in total. The highest BCUT2D eigenvalue weighted by Crippen LogP contribution is 2.33. The number of ether oxygens (including phenoxy) is 1. The Morgan fingerprint density at radius 3 is 2.38 bits per heavy atom. The maximum atomic E-state index is 12.0. The molecule has 1 aromatic carbocycles. The highest BCUT2D eigenvalue weighted by Gasteiger charge is 2.25. The van der Waals surface area contributed by atoms with Gasteiger partial charge >= 0.3 is 0 Å². The predicted molar refractivity (Wildman–Crippen MR) is 62.9 cm³/mol. The van der Waals surface area contributed by atoms with Gasteiger partial charge in [-0.1, -0.05) is 20.8 Å². The lowest BCUT2D eigenvalue weighted by molar-refractivity contribution is 0.0859. The maximum absolute atomic E-state index is 12.0. The van der Waals surface area contributed by atoms with Crippen LogP contribution in [0.1, 0.15) is 31.1 Å². The summed E-state index contributed by atoms with van der Waals surface area (Å²) in [6, 6.07) is 2.80. The monoisotopic (exact) mass is 223 g/mol. The van der Waals surface area contributed by atoms with Gasteiger partial charge in [0.15, 0.2) is 17.3 Å². The number of carbonyl (C=O) groups excluding carboxylic acids is 1. The molecule has 0 fully saturated rings. The Morgan fingerprint density at radius 1 is 1.38 bits per heavy atom. The number of methoxy groups -OCH3 is 1. The van der Waals surface area contributed by atoms with Crippen LogP contribution in [-0.2, 0) is 0 Å². The minimum atomic E-state index is -0.533. The van der Waals surface area contributed by atoms with Gasteiger partial charge in [-0.05, 0) is 6.07 Å². The quantitative estimate of drug-likeness (QED) is 0.458. The molecule has 0 saturated heterocycles. The van der Waals surface area contributed by atoms with E-state index in [9.17, 15) is 9.90 Å². The van der Waals surface area contributed by atoms with E-state index in [1.165, 1.54) is 19.2 Å². The van der Waals surface area contributed by atoms with Crippen molar-refractivity contribution in [1.82, 2.24) is 0 Å². The van der Waals surface area contributed by atoms with Gasteiger partial charge in [0.05, 0.1) is 7.11 Å². The number of nitrogens with two attached hydrogens (primary N) is 1. The highest BCUT2D eigenvalue weighted by molar-refractivity contribution is 6.04. The lowest BCUT2D eigenvalue weighted by Gasteiger charge is -2.18. The van der Waals surface area contributed by atoms with Crippen molar-refractivity contribution < 1.29 is 14.6 Å². The molecule has 0 radical (unpaired) electrons. The number of ketones is 1. The molecule has 4 heteroatoms.